The first kappa shape index (κ1) is 18.2. The maximum absolute atomic E-state index is 12.1. The number of thioether (sulfide) groups is 1. The number of aryl methyl sites for hydroxylation is 3. The van der Waals surface area contributed by atoms with Crippen LogP contribution in [0.3, 0.4) is 0 Å². The van der Waals surface area contributed by atoms with Gasteiger partial charge in [0.1, 0.15) is 0 Å². The van der Waals surface area contributed by atoms with E-state index in [1.165, 1.54) is 11.1 Å². The van der Waals surface area contributed by atoms with Gasteiger partial charge in [0, 0.05) is 22.6 Å². The Morgan fingerprint density at radius 3 is 2.50 bits per heavy atom. The Labute approximate surface area is 157 Å². The molecule has 0 spiro atoms. The minimum absolute atomic E-state index is 0.130. The molecule has 134 valence electrons. The summed E-state index contributed by atoms with van der Waals surface area (Å²) in [5, 5.41) is 10.6. The summed E-state index contributed by atoms with van der Waals surface area (Å²) in [7, 11) is 0. The number of nitrogens with zero attached hydrogens (tertiary/aromatic N) is 2. The van der Waals surface area contributed by atoms with Gasteiger partial charge in [0.2, 0.25) is 11.8 Å². The molecule has 0 fully saturated rings. The Balaban J connectivity index is 1.53. The molecule has 1 heterocycles. The normalized spacial score (nSPS) is 10.7. The predicted molar refractivity (Wildman–Crippen MR) is 104 cm³/mol. The molecule has 0 radical (unpaired) electrons. The number of anilines is 1. The van der Waals surface area contributed by atoms with E-state index in [2.05, 4.69) is 52.8 Å². The Morgan fingerprint density at radius 2 is 1.77 bits per heavy atom. The average Bonchev–Trinajstić information content (AvgIpc) is 3.04. The SMILES string of the molecule is Cc1ccc(SCCC(=O)Nc2nnc(-c3ccc(C)cc3C)o2)cc1. The summed E-state index contributed by atoms with van der Waals surface area (Å²) >= 11 is 1.65. The molecule has 0 saturated heterocycles. The third kappa shape index (κ3) is 4.73. The van der Waals surface area contributed by atoms with Gasteiger partial charge >= 0.3 is 6.01 Å². The molecule has 6 heteroatoms. The van der Waals surface area contributed by atoms with E-state index in [0.717, 1.165) is 16.0 Å². The third-order valence-corrected chi connectivity index (χ3v) is 4.92. The van der Waals surface area contributed by atoms with Crippen LogP contribution in [0.4, 0.5) is 6.01 Å². The van der Waals surface area contributed by atoms with Crippen molar-refractivity contribution in [1.82, 2.24) is 10.2 Å². The summed E-state index contributed by atoms with van der Waals surface area (Å²) < 4.78 is 5.58. The van der Waals surface area contributed by atoms with Crippen molar-refractivity contribution in [3.63, 3.8) is 0 Å². The lowest BCUT2D eigenvalue weighted by Crippen LogP contribution is -2.12. The zero-order valence-electron chi connectivity index (χ0n) is 15.1. The highest BCUT2D eigenvalue weighted by Gasteiger charge is 2.13. The van der Waals surface area contributed by atoms with Crippen LogP contribution >= 0.6 is 11.8 Å². The van der Waals surface area contributed by atoms with Crippen molar-refractivity contribution < 1.29 is 9.21 Å². The first-order valence-corrected chi connectivity index (χ1v) is 9.40. The lowest BCUT2D eigenvalue weighted by Gasteiger charge is -2.03. The fourth-order valence-corrected chi connectivity index (χ4v) is 3.37. The second-order valence-electron chi connectivity index (χ2n) is 6.19. The van der Waals surface area contributed by atoms with Gasteiger partial charge in [-0.05, 0) is 44.5 Å². The number of amides is 1. The van der Waals surface area contributed by atoms with E-state index in [1.54, 1.807) is 11.8 Å². The minimum atomic E-state index is -0.138. The van der Waals surface area contributed by atoms with Gasteiger partial charge in [0.25, 0.3) is 0 Å². The van der Waals surface area contributed by atoms with E-state index in [4.69, 9.17) is 4.42 Å². The van der Waals surface area contributed by atoms with E-state index in [9.17, 15) is 4.79 Å². The second-order valence-corrected chi connectivity index (χ2v) is 7.36. The van der Waals surface area contributed by atoms with Crippen LogP contribution in [0.1, 0.15) is 23.1 Å². The molecule has 0 unspecified atom stereocenters. The maximum Gasteiger partial charge on any atom is 0.322 e. The molecule has 3 rings (SSSR count). The number of rotatable bonds is 6. The summed E-state index contributed by atoms with van der Waals surface area (Å²) in [5.74, 6) is 0.958. The molecule has 0 bridgehead atoms. The molecular weight excluding hydrogens is 346 g/mol. The van der Waals surface area contributed by atoms with Crippen LogP contribution < -0.4 is 5.32 Å². The maximum atomic E-state index is 12.1. The van der Waals surface area contributed by atoms with Gasteiger partial charge in [-0.15, -0.1) is 16.9 Å². The van der Waals surface area contributed by atoms with Gasteiger partial charge in [-0.1, -0.05) is 40.5 Å². The zero-order chi connectivity index (χ0) is 18.5. The molecule has 1 amide bonds. The van der Waals surface area contributed by atoms with Crippen molar-refractivity contribution >= 4 is 23.7 Å². The Morgan fingerprint density at radius 1 is 1.04 bits per heavy atom. The zero-order valence-corrected chi connectivity index (χ0v) is 15.9. The van der Waals surface area contributed by atoms with Gasteiger partial charge in [-0.3, -0.25) is 10.1 Å². The van der Waals surface area contributed by atoms with Gasteiger partial charge in [0.15, 0.2) is 0 Å². The highest BCUT2D eigenvalue weighted by atomic mass is 32.2. The van der Waals surface area contributed by atoms with E-state index in [0.29, 0.717) is 18.1 Å². The Kier molecular flexibility index (Phi) is 5.73. The monoisotopic (exact) mass is 367 g/mol. The topological polar surface area (TPSA) is 68.0 Å². The van der Waals surface area contributed by atoms with Crippen LogP contribution in [0.25, 0.3) is 11.5 Å². The largest absolute Gasteiger partial charge is 0.403 e. The molecule has 5 nitrogen and oxygen atoms in total. The number of carbonyl (C=O) groups excluding carboxylic acids is 1. The average molecular weight is 367 g/mol. The fourth-order valence-electron chi connectivity index (χ4n) is 2.51. The van der Waals surface area contributed by atoms with Gasteiger partial charge in [-0.25, -0.2) is 0 Å². The number of carbonyl (C=O) groups is 1. The number of benzene rings is 2. The summed E-state index contributed by atoms with van der Waals surface area (Å²) in [6, 6.07) is 14.4. The number of nitrogens with one attached hydrogen (secondary N) is 1. The molecule has 1 aromatic heterocycles. The highest BCUT2D eigenvalue weighted by molar-refractivity contribution is 7.99. The predicted octanol–water partition coefficient (Wildman–Crippen LogP) is 4.78. The van der Waals surface area contributed by atoms with Crippen LogP contribution in [0.2, 0.25) is 0 Å². The standard InChI is InChI=1S/C20H21N3O2S/c1-13-4-7-16(8-5-13)26-11-10-18(24)21-20-23-22-19(25-20)17-9-6-14(2)12-15(17)3/h4-9,12H,10-11H2,1-3H3,(H,21,23,24). The van der Waals surface area contributed by atoms with E-state index < -0.39 is 0 Å². The van der Waals surface area contributed by atoms with E-state index in [-0.39, 0.29) is 11.9 Å². The summed E-state index contributed by atoms with van der Waals surface area (Å²) in [5.41, 5.74) is 4.33. The summed E-state index contributed by atoms with van der Waals surface area (Å²) in [6.07, 6.45) is 0.375. The van der Waals surface area contributed by atoms with Crippen molar-refractivity contribution in [1.29, 1.82) is 0 Å². The first-order valence-electron chi connectivity index (χ1n) is 8.42. The van der Waals surface area contributed by atoms with Crippen LogP contribution in [-0.4, -0.2) is 21.9 Å². The van der Waals surface area contributed by atoms with Crippen LogP contribution in [0, 0.1) is 20.8 Å². The smallest absolute Gasteiger partial charge is 0.322 e. The van der Waals surface area contributed by atoms with Crippen LogP contribution in [0.5, 0.6) is 0 Å². The molecule has 2 aromatic carbocycles. The van der Waals surface area contributed by atoms with Crippen molar-refractivity contribution in [2.45, 2.75) is 32.1 Å². The van der Waals surface area contributed by atoms with Crippen LogP contribution in [-0.2, 0) is 4.79 Å². The van der Waals surface area contributed by atoms with Gasteiger partial charge < -0.3 is 4.42 Å². The number of hydrogen-bond acceptors (Lipinski definition) is 5. The molecule has 0 aliphatic heterocycles. The van der Waals surface area contributed by atoms with Crippen molar-refractivity contribution in [3.8, 4) is 11.5 Å². The highest BCUT2D eigenvalue weighted by Crippen LogP contribution is 2.24. The van der Waals surface area contributed by atoms with Crippen molar-refractivity contribution in [3.05, 3.63) is 59.2 Å². The molecule has 0 aliphatic carbocycles. The molecule has 1 N–H and O–H groups in total. The molecule has 26 heavy (non-hydrogen) atoms. The Bertz CT molecular complexity index is 904. The first-order chi connectivity index (χ1) is 12.5. The second kappa shape index (κ2) is 8.19. The van der Waals surface area contributed by atoms with Gasteiger partial charge in [0.05, 0.1) is 0 Å². The lowest BCUT2D eigenvalue weighted by atomic mass is 10.1. The van der Waals surface area contributed by atoms with E-state index in [1.807, 2.05) is 26.0 Å². The molecule has 3 aromatic rings. The minimum Gasteiger partial charge on any atom is -0.403 e. The van der Waals surface area contributed by atoms with E-state index >= 15 is 0 Å². The van der Waals surface area contributed by atoms with Crippen molar-refractivity contribution in [2.24, 2.45) is 0 Å². The molecule has 0 atom stereocenters. The van der Waals surface area contributed by atoms with Crippen molar-refractivity contribution in [2.75, 3.05) is 11.1 Å². The Hall–Kier alpha value is -2.60. The van der Waals surface area contributed by atoms with Gasteiger partial charge in [-0.2, -0.15) is 0 Å². The third-order valence-electron chi connectivity index (χ3n) is 3.90. The number of hydrogen-bond donors (Lipinski definition) is 1. The van der Waals surface area contributed by atoms with Crippen LogP contribution in [0.15, 0.2) is 51.8 Å². The quantitative estimate of drug-likeness (QED) is 0.635. The molecule has 0 aliphatic rings. The fraction of sp³-hybridized carbons (Fsp3) is 0.250. The molecule has 0 saturated carbocycles. The summed E-state index contributed by atoms with van der Waals surface area (Å²) in [4.78, 5) is 13.2. The lowest BCUT2D eigenvalue weighted by molar-refractivity contribution is -0.115. The summed E-state index contributed by atoms with van der Waals surface area (Å²) in [6.45, 7) is 6.08. The number of aromatic nitrogens is 2. The molecular formula is C20H21N3O2S.